The first-order valence-corrected chi connectivity index (χ1v) is 2.95. The van der Waals surface area contributed by atoms with E-state index < -0.39 is 6.17 Å². The van der Waals surface area contributed by atoms with Crippen molar-refractivity contribution in [3.05, 3.63) is 6.37 Å². The van der Waals surface area contributed by atoms with Crippen LogP contribution in [-0.2, 0) is 0 Å². The lowest BCUT2D eigenvalue weighted by molar-refractivity contribution is 0.263. The number of rotatable bonds is 1. The SMILES string of the molecule is [2H]c1nnc(N2CC(F)C2)o1. The van der Waals surface area contributed by atoms with Crippen LogP contribution in [0, 0.1) is 0 Å². The Morgan fingerprint density at radius 3 is 3.20 bits per heavy atom. The van der Waals surface area contributed by atoms with Gasteiger partial charge in [0.15, 0.2) is 0 Å². The summed E-state index contributed by atoms with van der Waals surface area (Å²) in [6, 6.07) is 0.240. The lowest BCUT2D eigenvalue weighted by Gasteiger charge is -2.32. The standard InChI is InChI=1S/C5H6FN3O/c6-4-1-9(2-4)5-8-7-3-10-5/h3-4H,1-2H2/i3D. The van der Waals surface area contributed by atoms with Gasteiger partial charge in [0.1, 0.15) is 7.54 Å². The maximum atomic E-state index is 12.3. The van der Waals surface area contributed by atoms with E-state index in [1.165, 1.54) is 0 Å². The summed E-state index contributed by atoms with van der Waals surface area (Å²) in [5.41, 5.74) is 0. The molecule has 0 unspecified atom stereocenters. The molecule has 54 valence electrons. The number of aromatic nitrogens is 2. The number of anilines is 1. The van der Waals surface area contributed by atoms with Gasteiger partial charge in [0, 0.05) is 0 Å². The molecule has 1 saturated heterocycles. The molecule has 0 aliphatic carbocycles. The van der Waals surface area contributed by atoms with E-state index in [2.05, 4.69) is 10.2 Å². The number of hydrogen-bond donors (Lipinski definition) is 0. The second-order valence-electron chi connectivity index (χ2n) is 2.18. The van der Waals surface area contributed by atoms with Crippen LogP contribution in [0.3, 0.4) is 0 Å². The van der Waals surface area contributed by atoms with Crippen LogP contribution >= 0.6 is 0 Å². The van der Waals surface area contributed by atoms with E-state index in [1.54, 1.807) is 4.90 Å². The molecule has 1 aliphatic rings. The van der Waals surface area contributed by atoms with E-state index in [0.29, 0.717) is 13.1 Å². The van der Waals surface area contributed by atoms with Gasteiger partial charge in [-0.15, -0.1) is 5.10 Å². The molecular formula is C5H6FN3O. The molecule has 4 nitrogen and oxygen atoms in total. The summed E-state index contributed by atoms with van der Waals surface area (Å²) < 4.78 is 23.9. The summed E-state index contributed by atoms with van der Waals surface area (Å²) in [7, 11) is 0. The molecule has 1 aromatic rings. The van der Waals surface area contributed by atoms with Crippen molar-refractivity contribution in [3.8, 4) is 0 Å². The Labute approximate surface area is 58.1 Å². The van der Waals surface area contributed by atoms with E-state index in [1.807, 2.05) is 0 Å². The molecule has 0 aromatic carbocycles. The Kier molecular flexibility index (Phi) is 0.898. The van der Waals surface area contributed by atoms with Crippen molar-refractivity contribution in [1.82, 2.24) is 10.2 Å². The number of alkyl halides is 1. The third-order valence-corrected chi connectivity index (χ3v) is 1.42. The lowest BCUT2D eigenvalue weighted by Crippen LogP contribution is -2.48. The minimum Gasteiger partial charge on any atom is -0.411 e. The Morgan fingerprint density at radius 1 is 1.90 bits per heavy atom. The minimum atomic E-state index is -0.795. The zero-order valence-electron chi connectivity index (χ0n) is 6.12. The van der Waals surface area contributed by atoms with Crippen molar-refractivity contribution in [3.63, 3.8) is 0 Å². The highest BCUT2D eigenvalue weighted by Gasteiger charge is 2.29. The van der Waals surface area contributed by atoms with Crippen LogP contribution in [0.25, 0.3) is 0 Å². The van der Waals surface area contributed by atoms with Crippen molar-refractivity contribution in [1.29, 1.82) is 0 Å². The first-order valence-electron chi connectivity index (χ1n) is 3.45. The summed E-state index contributed by atoms with van der Waals surface area (Å²) in [5, 5.41) is 6.86. The predicted octanol–water partition coefficient (Wildman–Crippen LogP) is 0.228. The Bertz CT molecular complexity index is 260. The van der Waals surface area contributed by atoms with Gasteiger partial charge >= 0.3 is 6.01 Å². The van der Waals surface area contributed by atoms with Crippen LogP contribution in [0.2, 0.25) is 0 Å². The Balaban J connectivity index is 2.07. The molecule has 0 saturated carbocycles. The fourth-order valence-corrected chi connectivity index (χ4v) is 0.854. The first-order chi connectivity index (χ1) is 5.25. The van der Waals surface area contributed by atoms with Gasteiger partial charge < -0.3 is 9.32 Å². The minimum absolute atomic E-state index is 0.234. The molecule has 2 heterocycles. The summed E-state index contributed by atoms with van der Waals surface area (Å²) in [6.07, 6.45) is -1.03. The molecule has 0 bridgehead atoms. The fourth-order valence-electron chi connectivity index (χ4n) is 0.854. The van der Waals surface area contributed by atoms with Crippen LogP contribution in [0.5, 0.6) is 0 Å². The van der Waals surface area contributed by atoms with Gasteiger partial charge in [-0.05, 0) is 0 Å². The molecule has 0 amide bonds. The van der Waals surface area contributed by atoms with Gasteiger partial charge in [-0.2, -0.15) is 0 Å². The van der Waals surface area contributed by atoms with Crippen LogP contribution in [0.4, 0.5) is 10.4 Å². The van der Waals surface area contributed by atoms with Crippen LogP contribution < -0.4 is 4.90 Å². The second-order valence-corrected chi connectivity index (χ2v) is 2.18. The molecule has 1 aromatic heterocycles. The molecule has 1 fully saturated rings. The van der Waals surface area contributed by atoms with Gasteiger partial charge in [-0.3, -0.25) is 0 Å². The highest BCUT2D eigenvalue weighted by Crippen LogP contribution is 2.18. The van der Waals surface area contributed by atoms with Gasteiger partial charge in [-0.1, -0.05) is 5.10 Å². The largest absolute Gasteiger partial charge is 0.411 e. The van der Waals surface area contributed by atoms with Crippen LogP contribution in [0.1, 0.15) is 1.37 Å². The molecule has 0 spiro atoms. The van der Waals surface area contributed by atoms with Crippen molar-refractivity contribution < 1.29 is 10.2 Å². The molecular weight excluding hydrogens is 137 g/mol. The number of nitrogens with zero attached hydrogens (tertiary/aromatic N) is 3. The van der Waals surface area contributed by atoms with Crippen LogP contribution in [0.15, 0.2) is 10.8 Å². The third kappa shape index (κ3) is 0.741. The van der Waals surface area contributed by atoms with Gasteiger partial charge in [0.2, 0.25) is 6.37 Å². The number of halogens is 1. The van der Waals surface area contributed by atoms with Crippen molar-refractivity contribution >= 4 is 6.01 Å². The lowest BCUT2D eigenvalue weighted by atomic mass is 10.2. The smallest absolute Gasteiger partial charge is 0.318 e. The van der Waals surface area contributed by atoms with Gasteiger partial charge in [0.05, 0.1) is 13.1 Å². The summed E-state index contributed by atoms with van der Waals surface area (Å²) in [5.74, 6) is 0. The molecule has 0 radical (unpaired) electrons. The summed E-state index contributed by atoms with van der Waals surface area (Å²) >= 11 is 0. The average molecular weight is 144 g/mol. The fraction of sp³-hybridized carbons (Fsp3) is 0.600. The molecule has 0 atom stereocenters. The monoisotopic (exact) mass is 144 g/mol. The Hall–Kier alpha value is -1.13. The van der Waals surface area contributed by atoms with E-state index in [0.717, 1.165) is 0 Å². The summed E-state index contributed by atoms with van der Waals surface area (Å²) in [4.78, 5) is 1.59. The van der Waals surface area contributed by atoms with Crippen LogP contribution in [-0.4, -0.2) is 29.5 Å². The maximum absolute atomic E-state index is 12.3. The third-order valence-electron chi connectivity index (χ3n) is 1.42. The van der Waals surface area contributed by atoms with Gasteiger partial charge in [-0.25, -0.2) is 4.39 Å². The molecule has 10 heavy (non-hydrogen) atoms. The van der Waals surface area contributed by atoms with E-state index >= 15 is 0 Å². The van der Waals surface area contributed by atoms with Gasteiger partial charge in [0.25, 0.3) is 0 Å². The van der Waals surface area contributed by atoms with E-state index in [9.17, 15) is 4.39 Å². The first kappa shape index (κ1) is 4.65. The van der Waals surface area contributed by atoms with Crippen molar-refractivity contribution in [2.75, 3.05) is 18.0 Å². The van der Waals surface area contributed by atoms with E-state index in [-0.39, 0.29) is 12.4 Å². The quantitative estimate of drug-likeness (QED) is 0.565. The molecule has 5 heteroatoms. The highest BCUT2D eigenvalue weighted by atomic mass is 19.1. The average Bonchev–Trinajstić information content (AvgIpc) is 2.29. The Morgan fingerprint density at radius 2 is 2.70 bits per heavy atom. The predicted molar refractivity (Wildman–Crippen MR) is 31.4 cm³/mol. The zero-order chi connectivity index (χ0) is 7.84. The molecule has 0 N–H and O–H groups in total. The maximum Gasteiger partial charge on any atom is 0.318 e. The highest BCUT2D eigenvalue weighted by molar-refractivity contribution is 5.29. The van der Waals surface area contributed by atoms with Crippen molar-refractivity contribution in [2.45, 2.75) is 6.17 Å². The topological polar surface area (TPSA) is 42.2 Å². The molecule has 2 rings (SSSR count). The zero-order valence-corrected chi connectivity index (χ0v) is 5.12. The van der Waals surface area contributed by atoms with Crippen molar-refractivity contribution in [2.24, 2.45) is 0 Å². The van der Waals surface area contributed by atoms with E-state index in [4.69, 9.17) is 5.79 Å². The number of hydrogen-bond acceptors (Lipinski definition) is 4. The normalized spacial score (nSPS) is 20.5. The second kappa shape index (κ2) is 1.93. The molecule has 1 aliphatic heterocycles. The summed E-state index contributed by atoms with van der Waals surface area (Å²) in [6.45, 7) is 0.587.